The molecule has 0 radical (unpaired) electrons. The zero-order valence-corrected chi connectivity index (χ0v) is 12.7. The van der Waals surface area contributed by atoms with Crippen molar-refractivity contribution in [2.75, 3.05) is 0 Å². The van der Waals surface area contributed by atoms with Crippen molar-refractivity contribution < 1.29 is 14.1 Å². The van der Waals surface area contributed by atoms with Gasteiger partial charge in [-0.15, -0.1) is 0 Å². The first-order valence-electron chi connectivity index (χ1n) is 6.66. The molecule has 122 valence electrons. The first-order chi connectivity index (χ1) is 11.5. The number of benzene rings is 1. The zero-order valence-electron chi connectivity index (χ0n) is 11.9. The maximum absolute atomic E-state index is 13.1. The van der Waals surface area contributed by atoms with Crippen LogP contribution >= 0.6 is 11.6 Å². The van der Waals surface area contributed by atoms with Gasteiger partial charge in [-0.2, -0.15) is 0 Å². The van der Waals surface area contributed by atoms with Crippen LogP contribution in [0.25, 0.3) is 11.0 Å². The third kappa shape index (κ3) is 2.88. The van der Waals surface area contributed by atoms with Crippen molar-refractivity contribution in [1.82, 2.24) is 20.3 Å². The van der Waals surface area contributed by atoms with Crippen molar-refractivity contribution in [3.8, 4) is 0 Å². The zero-order chi connectivity index (χ0) is 17.3. The quantitative estimate of drug-likeness (QED) is 0.555. The topological polar surface area (TPSA) is 114 Å². The second-order valence-corrected chi connectivity index (χ2v) is 5.22. The maximum Gasteiger partial charge on any atom is 0.312 e. The molecule has 1 aromatic carbocycles. The SMILES string of the molecule is O=C(NCc1ccc(F)c(Cl)c1)c1ncnc2c([N+](=O)[O-])c[nH]c12. The number of halogens is 2. The van der Waals surface area contributed by atoms with Crippen LogP contribution in [-0.2, 0) is 6.54 Å². The molecule has 0 unspecified atom stereocenters. The number of carbonyl (C=O) groups excluding carboxylic acids is 1. The molecule has 0 aliphatic carbocycles. The highest BCUT2D eigenvalue weighted by Gasteiger charge is 2.21. The minimum absolute atomic E-state index is 0.0266. The third-order valence-corrected chi connectivity index (χ3v) is 3.58. The number of nitro groups is 1. The van der Waals surface area contributed by atoms with Crippen LogP contribution in [0.3, 0.4) is 0 Å². The maximum atomic E-state index is 13.1. The van der Waals surface area contributed by atoms with Crippen molar-refractivity contribution in [2.24, 2.45) is 0 Å². The summed E-state index contributed by atoms with van der Waals surface area (Å²) in [5.41, 5.74) is 0.536. The van der Waals surface area contributed by atoms with E-state index in [-0.39, 0.29) is 34.0 Å². The van der Waals surface area contributed by atoms with Crippen LogP contribution < -0.4 is 5.32 Å². The van der Waals surface area contributed by atoms with Gasteiger partial charge in [0.05, 0.1) is 16.1 Å². The lowest BCUT2D eigenvalue weighted by molar-refractivity contribution is -0.383. The molecule has 0 saturated heterocycles. The van der Waals surface area contributed by atoms with Crippen molar-refractivity contribution in [2.45, 2.75) is 6.54 Å². The van der Waals surface area contributed by atoms with Crippen molar-refractivity contribution in [3.05, 3.63) is 62.9 Å². The van der Waals surface area contributed by atoms with Gasteiger partial charge in [0, 0.05) is 6.54 Å². The number of aromatic nitrogens is 3. The highest BCUT2D eigenvalue weighted by Crippen LogP contribution is 2.24. The van der Waals surface area contributed by atoms with E-state index in [1.807, 2.05) is 0 Å². The van der Waals surface area contributed by atoms with E-state index in [4.69, 9.17) is 11.6 Å². The molecular formula is C14H9ClFN5O3. The molecular weight excluding hydrogens is 341 g/mol. The number of aromatic amines is 1. The summed E-state index contributed by atoms with van der Waals surface area (Å²) in [5.74, 6) is -1.11. The Balaban J connectivity index is 1.83. The fourth-order valence-corrected chi connectivity index (χ4v) is 2.36. The van der Waals surface area contributed by atoms with Crippen LogP contribution in [0.5, 0.6) is 0 Å². The lowest BCUT2D eigenvalue weighted by Gasteiger charge is -2.06. The molecule has 0 spiro atoms. The number of nitrogens with one attached hydrogen (secondary N) is 2. The van der Waals surface area contributed by atoms with Gasteiger partial charge >= 0.3 is 5.69 Å². The van der Waals surface area contributed by atoms with Crippen LogP contribution in [-0.4, -0.2) is 25.8 Å². The second kappa shape index (κ2) is 6.20. The molecule has 0 fully saturated rings. The number of fused-ring (bicyclic) bond motifs is 1. The minimum Gasteiger partial charge on any atom is -0.352 e. The fraction of sp³-hybridized carbons (Fsp3) is 0.0714. The molecule has 2 aromatic heterocycles. The molecule has 3 rings (SSSR count). The van der Waals surface area contributed by atoms with E-state index in [2.05, 4.69) is 20.3 Å². The monoisotopic (exact) mass is 349 g/mol. The number of H-pyrrole nitrogens is 1. The van der Waals surface area contributed by atoms with Gasteiger partial charge in [-0.3, -0.25) is 14.9 Å². The fourth-order valence-electron chi connectivity index (χ4n) is 2.15. The molecule has 0 bridgehead atoms. The minimum atomic E-state index is -0.603. The number of hydrogen-bond acceptors (Lipinski definition) is 5. The number of hydrogen-bond donors (Lipinski definition) is 2. The number of rotatable bonds is 4. The summed E-state index contributed by atoms with van der Waals surface area (Å²) in [6, 6.07) is 4.07. The second-order valence-electron chi connectivity index (χ2n) is 4.81. The van der Waals surface area contributed by atoms with Crippen LogP contribution in [0.4, 0.5) is 10.1 Å². The van der Waals surface area contributed by atoms with Gasteiger partial charge in [0.1, 0.15) is 17.7 Å². The molecule has 0 aliphatic heterocycles. The Hall–Kier alpha value is -3.07. The first-order valence-corrected chi connectivity index (χ1v) is 7.03. The standard InChI is InChI=1S/C14H9ClFN5O3/c15-8-3-7(1-2-9(8)16)4-18-14(22)13-12-11(19-6-20-13)10(5-17-12)21(23)24/h1-3,5-6,17H,4H2,(H,18,22). The van der Waals surface area contributed by atoms with E-state index in [0.29, 0.717) is 5.56 Å². The largest absolute Gasteiger partial charge is 0.352 e. The van der Waals surface area contributed by atoms with Gasteiger partial charge in [-0.05, 0) is 17.7 Å². The summed E-state index contributed by atoms with van der Waals surface area (Å²) in [4.78, 5) is 32.9. The van der Waals surface area contributed by atoms with Gasteiger partial charge in [-0.1, -0.05) is 17.7 Å². The van der Waals surface area contributed by atoms with E-state index in [1.165, 1.54) is 18.2 Å². The smallest absolute Gasteiger partial charge is 0.312 e. The number of amides is 1. The molecule has 0 saturated carbocycles. The Morgan fingerprint density at radius 1 is 1.42 bits per heavy atom. The van der Waals surface area contributed by atoms with Gasteiger partial charge in [0.2, 0.25) is 0 Å². The van der Waals surface area contributed by atoms with Gasteiger partial charge in [0.25, 0.3) is 5.91 Å². The average Bonchev–Trinajstić information content (AvgIpc) is 3.00. The molecule has 1 amide bonds. The van der Waals surface area contributed by atoms with E-state index in [1.54, 1.807) is 0 Å². The van der Waals surface area contributed by atoms with Crippen LogP contribution in [0.1, 0.15) is 16.1 Å². The van der Waals surface area contributed by atoms with Crippen molar-refractivity contribution in [1.29, 1.82) is 0 Å². The molecule has 3 aromatic rings. The van der Waals surface area contributed by atoms with Gasteiger partial charge in [0.15, 0.2) is 11.2 Å². The summed E-state index contributed by atoms with van der Waals surface area (Å²) in [7, 11) is 0. The summed E-state index contributed by atoms with van der Waals surface area (Å²) in [5, 5.41) is 13.5. The predicted molar refractivity (Wildman–Crippen MR) is 83.1 cm³/mol. The Morgan fingerprint density at radius 3 is 2.92 bits per heavy atom. The highest BCUT2D eigenvalue weighted by molar-refractivity contribution is 6.30. The number of carbonyl (C=O) groups is 1. The highest BCUT2D eigenvalue weighted by atomic mass is 35.5. The normalized spacial score (nSPS) is 10.8. The summed E-state index contributed by atoms with van der Waals surface area (Å²) < 4.78 is 13.1. The molecule has 0 aliphatic rings. The molecule has 2 heterocycles. The van der Waals surface area contributed by atoms with Gasteiger partial charge in [-0.25, -0.2) is 14.4 Å². The Labute approximate surface area is 138 Å². The molecule has 10 heteroatoms. The summed E-state index contributed by atoms with van der Waals surface area (Å²) in [6.07, 6.45) is 2.22. The van der Waals surface area contributed by atoms with Crippen LogP contribution in [0.15, 0.2) is 30.7 Å². The Morgan fingerprint density at radius 2 is 2.21 bits per heavy atom. The average molecular weight is 350 g/mol. The Bertz CT molecular complexity index is 959. The third-order valence-electron chi connectivity index (χ3n) is 3.29. The first kappa shape index (κ1) is 15.8. The molecule has 2 N–H and O–H groups in total. The Kier molecular flexibility index (Phi) is 4.09. The van der Waals surface area contributed by atoms with E-state index in [9.17, 15) is 19.3 Å². The van der Waals surface area contributed by atoms with Crippen LogP contribution in [0.2, 0.25) is 5.02 Å². The van der Waals surface area contributed by atoms with E-state index in [0.717, 1.165) is 12.5 Å². The molecule has 8 nitrogen and oxygen atoms in total. The van der Waals surface area contributed by atoms with E-state index < -0.39 is 16.6 Å². The lowest BCUT2D eigenvalue weighted by atomic mass is 10.2. The predicted octanol–water partition coefficient (Wildman–Crippen LogP) is 2.59. The van der Waals surface area contributed by atoms with Crippen molar-refractivity contribution >= 4 is 34.2 Å². The molecule has 24 heavy (non-hydrogen) atoms. The van der Waals surface area contributed by atoms with Gasteiger partial charge < -0.3 is 10.3 Å². The van der Waals surface area contributed by atoms with Crippen LogP contribution in [0, 0.1) is 15.9 Å². The lowest BCUT2D eigenvalue weighted by Crippen LogP contribution is -2.24. The number of nitrogens with zero attached hydrogens (tertiary/aromatic N) is 3. The van der Waals surface area contributed by atoms with Crippen molar-refractivity contribution in [3.63, 3.8) is 0 Å². The summed E-state index contributed by atoms with van der Waals surface area (Å²) >= 11 is 5.68. The molecule has 0 atom stereocenters. The summed E-state index contributed by atoms with van der Waals surface area (Å²) in [6.45, 7) is 0.0904. The van der Waals surface area contributed by atoms with E-state index >= 15 is 0 Å².